The van der Waals surface area contributed by atoms with Gasteiger partial charge in [0.25, 0.3) is 0 Å². The van der Waals surface area contributed by atoms with Gasteiger partial charge < -0.3 is 14.2 Å². The van der Waals surface area contributed by atoms with E-state index in [2.05, 4.69) is 0 Å². The summed E-state index contributed by atoms with van der Waals surface area (Å²) < 4.78 is 15.2. The molecule has 90 valence electrons. The third-order valence-corrected chi connectivity index (χ3v) is 3.12. The summed E-state index contributed by atoms with van der Waals surface area (Å²) in [4.78, 5) is 23.7. The van der Waals surface area contributed by atoms with Crippen molar-refractivity contribution in [3.8, 4) is 0 Å². The normalized spacial score (nSPS) is 29.4. The van der Waals surface area contributed by atoms with E-state index in [1.165, 1.54) is 0 Å². The van der Waals surface area contributed by atoms with Gasteiger partial charge in [-0.3, -0.25) is 9.59 Å². The van der Waals surface area contributed by atoms with Crippen LogP contribution >= 0.6 is 0 Å². The van der Waals surface area contributed by atoms with Crippen LogP contribution in [-0.4, -0.2) is 37.4 Å². The highest BCUT2D eigenvalue weighted by molar-refractivity contribution is 6.00. The summed E-state index contributed by atoms with van der Waals surface area (Å²) in [5.74, 6) is -0.937. The van der Waals surface area contributed by atoms with E-state index in [4.69, 9.17) is 14.2 Å². The molecule has 1 saturated carbocycles. The molecule has 1 aliphatic heterocycles. The molecule has 1 saturated heterocycles. The quantitative estimate of drug-likeness (QED) is 0.402. The average Bonchev–Trinajstić information content (AvgIpc) is 2.87. The predicted octanol–water partition coefficient (Wildman–Crippen LogP) is 0.660. The average molecular weight is 228 g/mol. The fourth-order valence-corrected chi connectivity index (χ4v) is 2.26. The fraction of sp³-hybridized carbons (Fsp3) is 0.818. The van der Waals surface area contributed by atoms with Crippen LogP contribution in [-0.2, 0) is 23.8 Å². The third-order valence-electron chi connectivity index (χ3n) is 3.12. The molecule has 2 aliphatic rings. The Morgan fingerprint density at radius 2 is 1.56 bits per heavy atom. The molecule has 1 aliphatic carbocycles. The number of rotatable bonds is 4. The van der Waals surface area contributed by atoms with Gasteiger partial charge in [-0.1, -0.05) is 0 Å². The van der Waals surface area contributed by atoms with Gasteiger partial charge in [-0.05, 0) is 13.8 Å². The Kier molecular flexibility index (Phi) is 2.88. The van der Waals surface area contributed by atoms with Crippen molar-refractivity contribution in [3.05, 3.63) is 0 Å². The van der Waals surface area contributed by atoms with E-state index >= 15 is 0 Å². The topological polar surface area (TPSA) is 65.1 Å². The number of esters is 2. The highest BCUT2D eigenvalue weighted by Gasteiger charge is 2.64. The number of carbonyl (C=O) groups is 2. The molecule has 5 heteroatoms. The van der Waals surface area contributed by atoms with E-state index in [1.54, 1.807) is 13.8 Å². The Balaban J connectivity index is 2.13. The molecule has 0 aromatic carbocycles. The lowest BCUT2D eigenvalue weighted by molar-refractivity contribution is -0.173. The molecule has 2 fully saturated rings. The Morgan fingerprint density at radius 1 is 1.12 bits per heavy atom. The highest BCUT2D eigenvalue weighted by atomic mass is 16.6. The maximum atomic E-state index is 11.9. The molecule has 2 unspecified atom stereocenters. The zero-order chi connectivity index (χ0) is 11.8. The summed E-state index contributed by atoms with van der Waals surface area (Å²) in [6.45, 7) is 4.00. The Morgan fingerprint density at radius 3 is 1.94 bits per heavy atom. The predicted molar refractivity (Wildman–Crippen MR) is 53.6 cm³/mol. The van der Waals surface area contributed by atoms with Crippen molar-refractivity contribution in [2.75, 3.05) is 13.2 Å². The van der Waals surface area contributed by atoms with Crippen molar-refractivity contribution >= 4 is 11.9 Å². The number of fused-ring (bicyclic) bond motifs is 1. The fourth-order valence-electron chi connectivity index (χ4n) is 2.26. The van der Waals surface area contributed by atoms with Crippen LogP contribution in [0.15, 0.2) is 0 Å². The standard InChI is InChI=1S/C11H16O5/c1-3-14-9(12)11(10(13)15-4-2)5-7-8(6-11)16-7/h7-8H,3-6H2,1-2H3. The molecule has 0 bridgehead atoms. The molecule has 2 rings (SSSR count). The van der Waals surface area contributed by atoms with Crippen molar-refractivity contribution in [3.63, 3.8) is 0 Å². The number of ether oxygens (including phenoxy) is 3. The minimum atomic E-state index is -1.11. The van der Waals surface area contributed by atoms with Crippen molar-refractivity contribution in [2.45, 2.75) is 38.9 Å². The molecule has 0 radical (unpaired) electrons. The van der Waals surface area contributed by atoms with Gasteiger partial charge >= 0.3 is 11.9 Å². The molecular formula is C11H16O5. The Hall–Kier alpha value is -1.10. The van der Waals surface area contributed by atoms with Crippen LogP contribution in [0.25, 0.3) is 0 Å². The van der Waals surface area contributed by atoms with E-state index in [9.17, 15) is 9.59 Å². The van der Waals surface area contributed by atoms with Crippen LogP contribution in [0.2, 0.25) is 0 Å². The number of carbonyl (C=O) groups excluding carboxylic acids is 2. The van der Waals surface area contributed by atoms with Crippen molar-refractivity contribution < 1.29 is 23.8 Å². The second-order valence-electron chi connectivity index (χ2n) is 4.14. The smallest absolute Gasteiger partial charge is 0.323 e. The minimum absolute atomic E-state index is 0.0359. The van der Waals surface area contributed by atoms with E-state index < -0.39 is 17.4 Å². The van der Waals surface area contributed by atoms with Crippen LogP contribution in [0.5, 0.6) is 0 Å². The summed E-state index contributed by atoms with van der Waals surface area (Å²) >= 11 is 0. The molecule has 2 atom stereocenters. The van der Waals surface area contributed by atoms with E-state index in [0.717, 1.165) is 0 Å². The maximum absolute atomic E-state index is 11.9. The van der Waals surface area contributed by atoms with Gasteiger partial charge in [0.1, 0.15) is 0 Å². The molecular weight excluding hydrogens is 212 g/mol. The van der Waals surface area contributed by atoms with E-state index in [1.807, 2.05) is 0 Å². The van der Waals surface area contributed by atoms with Gasteiger partial charge in [-0.15, -0.1) is 0 Å². The zero-order valence-corrected chi connectivity index (χ0v) is 9.52. The van der Waals surface area contributed by atoms with Gasteiger partial charge in [-0.25, -0.2) is 0 Å². The maximum Gasteiger partial charge on any atom is 0.323 e. The second kappa shape index (κ2) is 4.05. The summed E-state index contributed by atoms with van der Waals surface area (Å²) in [5.41, 5.74) is -1.11. The zero-order valence-electron chi connectivity index (χ0n) is 9.52. The number of hydrogen-bond donors (Lipinski definition) is 0. The van der Waals surface area contributed by atoms with Gasteiger partial charge in [-0.2, -0.15) is 0 Å². The lowest BCUT2D eigenvalue weighted by atomic mass is 9.85. The van der Waals surface area contributed by atoms with Gasteiger partial charge in [0.2, 0.25) is 0 Å². The summed E-state index contributed by atoms with van der Waals surface area (Å²) in [6, 6.07) is 0. The molecule has 0 aromatic heterocycles. The number of epoxide rings is 1. The first-order valence-electron chi connectivity index (χ1n) is 5.64. The van der Waals surface area contributed by atoms with Gasteiger partial charge in [0.05, 0.1) is 25.4 Å². The largest absolute Gasteiger partial charge is 0.465 e. The van der Waals surface area contributed by atoms with Crippen LogP contribution in [0.1, 0.15) is 26.7 Å². The monoisotopic (exact) mass is 228 g/mol. The molecule has 0 spiro atoms. The molecule has 16 heavy (non-hydrogen) atoms. The molecule has 0 N–H and O–H groups in total. The molecule has 1 heterocycles. The third kappa shape index (κ3) is 1.69. The first-order valence-corrected chi connectivity index (χ1v) is 5.64. The second-order valence-corrected chi connectivity index (χ2v) is 4.14. The van der Waals surface area contributed by atoms with Crippen LogP contribution in [0.3, 0.4) is 0 Å². The van der Waals surface area contributed by atoms with E-state index in [0.29, 0.717) is 12.8 Å². The van der Waals surface area contributed by atoms with Gasteiger partial charge in [0, 0.05) is 12.8 Å². The molecule has 5 nitrogen and oxygen atoms in total. The highest BCUT2D eigenvalue weighted by Crippen LogP contribution is 2.51. The van der Waals surface area contributed by atoms with Crippen LogP contribution < -0.4 is 0 Å². The summed E-state index contributed by atoms with van der Waals surface area (Å²) in [5, 5.41) is 0. The van der Waals surface area contributed by atoms with E-state index in [-0.39, 0.29) is 25.4 Å². The lowest BCUT2D eigenvalue weighted by Gasteiger charge is -2.25. The first-order chi connectivity index (χ1) is 7.64. The van der Waals surface area contributed by atoms with Crippen molar-refractivity contribution in [2.24, 2.45) is 5.41 Å². The SMILES string of the molecule is CCOC(=O)C1(C(=O)OCC)CC2OC2C1. The van der Waals surface area contributed by atoms with Crippen LogP contribution in [0.4, 0.5) is 0 Å². The molecule has 0 aromatic rings. The number of hydrogen-bond acceptors (Lipinski definition) is 5. The Bertz CT molecular complexity index is 281. The minimum Gasteiger partial charge on any atom is -0.465 e. The lowest BCUT2D eigenvalue weighted by Crippen LogP contribution is -2.41. The van der Waals surface area contributed by atoms with Gasteiger partial charge in [0.15, 0.2) is 5.41 Å². The summed E-state index contributed by atoms with van der Waals surface area (Å²) in [7, 11) is 0. The molecule has 0 amide bonds. The van der Waals surface area contributed by atoms with Crippen LogP contribution in [0, 0.1) is 5.41 Å². The Labute approximate surface area is 94.0 Å². The van der Waals surface area contributed by atoms with Crippen molar-refractivity contribution in [1.82, 2.24) is 0 Å². The van der Waals surface area contributed by atoms with Crippen molar-refractivity contribution in [1.29, 1.82) is 0 Å². The first kappa shape index (κ1) is 11.4. The summed E-state index contributed by atoms with van der Waals surface area (Å²) in [6.07, 6.45) is 0.868.